The first-order valence-corrected chi connectivity index (χ1v) is 10.9. The molecule has 0 N–H and O–H groups in total. The van der Waals surface area contributed by atoms with Crippen molar-refractivity contribution in [2.24, 2.45) is 0 Å². The predicted octanol–water partition coefficient (Wildman–Crippen LogP) is 3.30. The highest BCUT2D eigenvalue weighted by atomic mass is 32.2. The molecule has 0 saturated carbocycles. The van der Waals surface area contributed by atoms with Crippen LogP contribution in [0.25, 0.3) is 6.08 Å². The van der Waals surface area contributed by atoms with E-state index in [9.17, 15) is 18.8 Å². The average molecular weight is 456 g/mol. The fourth-order valence-electron chi connectivity index (χ4n) is 3.29. The number of thioether (sulfide) groups is 1. The lowest BCUT2D eigenvalue weighted by Crippen LogP contribution is -2.42. The van der Waals surface area contributed by atoms with Crippen molar-refractivity contribution in [3.05, 3.63) is 70.4 Å². The Hall–Kier alpha value is -3.17. The molecule has 4 rings (SSSR count). The molecule has 2 heterocycles. The number of benzene rings is 2. The van der Waals surface area contributed by atoms with E-state index in [1.54, 1.807) is 53.4 Å². The first kappa shape index (κ1) is 22.0. The second-order valence-corrected chi connectivity index (χ2v) is 8.20. The molecule has 0 spiro atoms. The van der Waals surface area contributed by atoms with Crippen LogP contribution in [0.3, 0.4) is 0 Å². The number of hydrogen-bond donors (Lipinski definition) is 0. The predicted molar refractivity (Wildman–Crippen MR) is 117 cm³/mol. The van der Waals surface area contributed by atoms with Crippen LogP contribution in [0.15, 0.2) is 53.4 Å². The molecule has 2 aliphatic heterocycles. The third-order valence-electron chi connectivity index (χ3n) is 5.06. The van der Waals surface area contributed by atoms with Crippen LogP contribution in [0.5, 0.6) is 5.75 Å². The van der Waals surface area contributed by atoms with Crippen molar-refractivity contribution < 1.29 is 28.2 Å². The molecule has 0 unspecified atom stereocenters. The van der Waals surface area contributed by atoms with E-state index in [0.717, 1.165) is 16.7 Å². The van der Waals surface area contributed by atoms with Gasteiger partial charge in [-0.2, -0.15) is 0 Å². The Balaban J connectivity index is 1.36. The number of amides is 3. The highest BCUT2D eigenvalue weighted by molar-refractivity contribution is 8.18. The van der Waals surface area contributed by atoms with E-state index in [-0.39, 0.29) is 29.5 Å². The number of hydrogen-bond acceptors (Lipinski definition) is 6. The maximum absolute atomic E-state index is 13.9. The zero-order valence-corrected chi connectivity index (χ0v) is 18.0. The summed E-state index contributed by atoms with van der Waals surface area (Å²) >= 11 is 0.820. The minimum Gasteiger partial charge on any atom is -0.484 e. The zero-order valence-electron chi connectivity index (χ0n) is 17.2. The summed E-state index contributed by atoms with van der Waals surface area (Å²) in [7, 11) is 0. The summed E-state index contributed by atoms with van der Waals surface area (Å²) in [5.74, 6) is -0.491. The van der Waals surface area contributed by atoms with Crippen LogP contribution in [0.4, 0.5) is 9.18 Å². The highest BCUT2D eigenvalue weighted by Crippen LogP contribution is 2.33. The number of halogens is 1. The number of morpholine rings is 1. The summed E-state index contributed by atoms with van der Waals surface area (Å²) in [4.78, 5) is 40.1. The molecule has 2 saturated heterocycles. The molecule has 2 aromatic rings. The summed E-state index contributed by atoms with van der Waals surface area (Å²) in [6.45, 7) is 2.02. The summed E-state index contributed by atoms with van der Waals surface area (Å²) < 4.78 is 24.7. The van der Waals surface area contributed by atoms with Gasteiger partial charge in [0.25, 0.3) is 17.1 Å². The number of rotatable bonds is 6. The van der Waals surface area contributed by atoms with Gasteiger partial charge in [-0.3, -0.25) is 19.3 Å². The molecule has 2 aromatic carbocycles. The topological polar surface area (TPSA) is 76.2 Å². The largest absolute Gasteiger partial charge is 0.484 e. The van der Waals surface area contributed by atoms with Crippen LogP contribution >= 0.6 is 11.8 Å². The zero-order chi connectivity index (χ0) is 22.5. The molecule has 0 aliphatic carbocycles. The maximum Gasteiger partial charge on any atom is 0.293 e. The molecule has 7 nitrogen and oxygen atoms in total. The van der Waals surface area contributed by atoms with Crippen molar-refractivity contribution in [2.75, 3.05) is 32.9 Å². The van der Waals surface area contributed by atoms with Gasteiger partial charge in [-0.15, -0.1) is 0 Å². The lowest BCUT2D eigenvalue weighted by molar-refractivity contribution is -0.137. The maximum atomic E-state index is 13.9. The first-order valence-electron chi connectivity index (χ1n) is 10.1. The number of nitrogens with zero attached hydrogens (tertiary/aromatic N) is 2. The van der Waals surface area contributed by atoms with Crippen LogP contribution < -0.4 is 4.74 Å². The number of carbonyl (C=O) groups excluding carboxylic acids is 3. The molecule has 3 amide bonds. The minimum atomic E-state index is -0.460. The Morgan fingerprint density at radius 1 is 1.09 bits per heavy atom. The van der Waals surface area contributed by atoms with E-state index >= 15 is 0 Å². The van der Waals surface area contributed by atoms with E-state index in [1.807, 2.05) is 0 Å². The molecule has 9 heteroatoms. The van der Waals surface area contributed by atoms with Crippen LogP contribution in [0.1, 0.15) is 11.1 Å². The van der Waals surface area contributed by atoms with Crippen molar-refractivity contribution in [1.29, 1.82) is 0 Å². The third-order valence-corrected chi connectivity index (χ3v) is 5.97. The normalized spacial score (nSPS) is 17.8. The summed E-state index contributed by atoms with van der Waals surface area (Å²) in [5.41, 5.74) is 0.984. The van der Waals surface area contributed by atoms with E-state index in [4.69, 9.17) is 9.47 Å². The summed E-state index contributed by atoms with van der Waals surface area (Å²) in [6.07, 6.45) is 1.61. The minimum absolute atomic E-state index is 0.0612. The highest BCUT2D eigenvalue weighted by Gasteiger charge is 2.35. The SMILES string of the molecule is O=C(COc1ccc(/C=C2\SC(=O)N(Cc3ccccc3F)C2=O)cc1)N1CCOCC1. The van der Waals surface area contributed by atoms with Crippen LogP contribution in [0, 0.1) is 5.82 Å². The molecular weight excluding hydrogens is 435 g/mol. The van der Waals surface area contributed by atoms with Gasteiger partial charge in [0.05, 0.1) is 24.7 Å². The second kappa shape index (κ2) is 9.97. The quantitative estimate of drug-likeness (QED) is 0.621. The molecule has 0 aromatic heterocycles. The fourth-order valence-corrected chi connectivity index (χ4v) is 4.13. The molecule has 2 fully saturated rings. The Labute approximate surface area is 188 Å². The van der Waals surface area contributed by atoms with Gasteiger partial charge in [-0.1, -0.05) is 30.3 Å². The Kier molecular flexibility index (Phi) is 6.87. The lowest BCUT2D eigenvalue weighted by Gasteiger charge is -2.26. The monoisotopic (exact) mass is 456 g/mol. The molecule has 0 radical (unpaired) electrons. The Bertz CT molecular complexity index is 1050. The van der Waals surface area contributed by atoms with Crippen LogP contribution in [-0.4, -0.2) is 59.8 Å². The van der Waals surface area contributed by atoms with Crippen molar-refractivity contribution in [1.82, 2.24) is 9.80 Å². The van der Waals surface area contributed by atoms with E-state index < -0.39 is 17.0 Å². The standard InChI is InChI=1S/C23H21FN2O5S/c24-19-4-2-1-3-17(19)14-26-22(28)20(32-23(26)29)13-16-5-7-18(8-6-16)31-15-21(27)25-9-11-30-12-10-25/h1-8,13H,9-12,14-15H2/b20-13-. The number of ether oxygens (including phenoxy) is 2. The Morgan fingerprint density at radius 3 is 2.53 bits per heavy atom. The number of imide groups is 1. The van der Waals surface area contributed by atoms with Gasteiger partial charge in [0.2, 0.25) is 0 Å². The van der Waals surface area contributed by atoms with Gasteiger partial charge in [0.15, 0.2) is 6.61 Å². The van der Waals surface area contributed by atoms with E-state index in [0.29, 0.717) is 37.6 Å². The smallest absolute Gasteiger partial charge is 0.293 e. The van der Waals surface area contributed by atoms with Crippen molar-refractivity contribution in [2.45, 2.75) is 6.54 Å². The molecular formula is C23H21FN2O5S. The lowest BCUT2D eigenvalue weighted by atomic mass is 10.2. The molecule has 0 bridgehead atoms. The van der Waals surface area contributed by atoms with Crippen molar-refractivity contribution in [3.63, 3.8) is 0 Å². The van der Waals surface area contributed by atoms with Crippen LogP contribution in [0.2, 0.25) is 0 Å². The van der Waals surface area contributed by atoms with Crippen molar-refractivity contribution in [3.8, 4) is 5.75 Å². The van der Waals surface area contributed by atoms with Gasteiger partial charge in [-0.25, -0.2) is 4.39 Å². The molecule has 0 atom stereocenters. The summed E-state index contributed by atoms with van der Waals surface area (Å²) in [5, 5.41) is -0.439. The van der Waals surface area contributed by atoms with Gasteiger partial charge < -0.3 is 14.4 Å². The van der Waals surface area contributed by atoms with Gasteiger partial charge in [0.1, 0.15) is 11.6 Å². The average Bonchev–Trinajstić information content (AvgIpc) is 3.07. The molecule has 166 valence electrons. The van der Waals surface area contributed by atoms with Gasteiger partial charge >= 0.3 is 0 Å². The summed E-state index contributed by atoms with van der Waals surface area (Å²) in [6, 6.07) is 12.9. The first-order chi connectivity index (χ1) is 15.5. The third kappa shape index (κ3) is 5.17. The van der Waals surface area contributed by atoms with E-state index in [2.05, 4.69) is 0 Å². The molecule has 32 heavy (non-hydrogen) atoms. The molecule has 2 aliphatic rings. The fraction of sp³-hybridized carbons (Fsp3) is 0.261. The number of carbonyl (C=O) groups is 3. The van der Waals surface area contributed by atoms with Gasteiger partial charge in [0, 0.05) is 18.7 Å². The van der Waals surface area contributed by atoms with Crippen LogP contribution in [-0.2, 0) is 20.9 Å². The van der Waals surface area contributed by atoms with Crippen molar-refractivity contribution >= 4 is 34.9 Å². The van der Waals surface area contributed by atoms with E-state index in [1.165, 1.54) is 6.07 Å². The van der Waals surface area contributed by atoms with Gasteiger partial charge in [-0.05, 0) is 41.6 Å². The second-order valence-electron chi connectivity index (χ2n) is 7.21. The Morgan fingerprint density at radius 2 is 1.81 bits per heavy atom.